The van der Waals surface area contributed by atoms with Crippen molar-refractivity contribution in [2.75, 3.05) is 19.0 Å². The minimum absolute atomic E-state index is 0.173. The predicted molar refractivity (Wildman–Crippen MR) is 128 cm³/mol. The summed E-state index contributed by atoms with van der Waals surface area (Å²) in [5.41, 5.74) is 2.34. The average molecular weight is 468 g/mol. The van der Waals surface area contributed by atoms with Crippen LogP contribution in [0.25, 0.3) is 0 Å². The minimum Gasteiger partial charge on any atom is -0.375 e. The van der Waals surface area contributed by atoms with Gasteiger partial charge in [0.15, 0.2) is 0 Å². The van der Waals surface area contributed by atoms with Gasteiger partial charge in [-0.25, -0.2) is 4.79 Å². The average Bonchev–Trinajstić information content (AvgIpc) is 2.82. The van der Waals surface area contributed by atoms with Gasteiger partial charge >= 0.3 is 6.03 Å². The Morgan fingerprint density at radius 3 is 2.28 bits per heavy atom. The van der Waals surface area contributed by atoms with Crippen molar-refractivity contribution in [3.05, 3.63) is 100 Å². The number of ether oxygens (including phenoxy) is 1. The number of anilines is 1. The van der Waals surface area contributed by atoms with Crippen LogP contribution in [0.1, 0.15) is 17.2 Å². The van der Waals surface area contributed by atoms with Crippen LogP contribution in [-0.2, 0) is 11.3 Å². The Morgan fingerprint density at radius 2 is 1.69 bits per heavy atom. The molecule has 2 unspecified atom stereocenters. The fourth-order valence-corrected chi connectivity index (χ4v) is 3.71. The first kappa shape index (κ1) is 23.6. The number of methoxy groups -OCH3 is 1. The first-order valence-electron chi connectivity index (χ1n) is 10.0. The Balaban J connectivity index is 1.84. The number of benzene rings is 3. The van der Waals surface area contributed by atoms with Crippen molar-refractivity contribution in [1.29, 1.82) is 5.26 Å². The number of carbonyl (C=O) groups is 1. The highest BCUT2D eigenvalue weighted by Gasteiger charge is 2.27. The maximum absolute atomic E-state index is 13.2. The van der Waals surface area contributed by atoms with Gasteiger partial charge in [0.25, 0.3) is 0 Å². The largest absolute Gasteiger partial charge is 0.375 e. The van der Waals surface area contributed by atoms with Crippen LogP contribution in [-0.4, -0.2) is 24.6 Å². The van der Waals surface area contributed by atoms with E-state index in [0.29, 0.717) is 22.3 Å². The number of nitrogens with one attached hydrogen (secondary N) is 1. The van der Waals surface area contributed by atoms with Crippen LogP contribution in [0, 0.1) is 17.2 Å². The summed E-state index contributed by atoms with van der Waals surface area (Å²) in [7, 11) is 1.57. The lowest BCUT2D eigenvalue weighted by molar-refractivity contribution is 0.0593. The summed E-state index contributed by atoms with van der Waals surface area (Å²) in [6.07, 6.45) is -0.475. The number of nitriles is 1. The number of hydrogen-bond acceptors (Lipinski definition) is 3. The van der Waals surface area contributed by atoms with E-state index in [0.717, 1.165) is 11.1 Å². The zero-order chi connectivity index (χ0) is 22.9. The highest BCUT2D eigenvalue weighted by atomic mass is 35.5. The number of halogens is 2. The number of nitrogens with zero attached hydrogens (tertiary/aromatic N) is 2. The summed E-state index contributed by atoms with van der Waals surface area (Å²) in [5.74, 6) is -0.578. The van der Waals surface area contributed by atoms with Crippen molar-refractivity contribution in [2.45, 2.75) is 12.6 Å². The fraction of sp³-hybridized carbons (Fsp3) is 0.200. The Kier molecular flexibility index (Phi) is 8.52. The van der Waals surface area contributed by atoms with E-state index in [2.05, 4.69) is 11.4 Å². The van der Waals surface area contributed by atoms with Gasteiger partial charge < -0.3 is 15.0 Å². The van der Waals surface area contributed by atoms with Crippen molar-refractivity contribution < 1.29 is 9.53 Å². The van der Waals surface area contributed by atoms with E-state index in [1.54, 1.807) is 30.2 Å². The van der Waals surface area contributed by atoms with E-state index >= 15 is 0 Å². The number of carbonyl (C=O) groups excluding carboxylic acids is 1. The summed E-state index contributed by atoms with van der Waals surface area (Å²) in [6.45, 7) is 0.503. The quantitative estimate of drug-likeness (QED) is 0.408. The standard InChI is InChI=1S/C25H23Cl2N3O2/c1-32-24(19-10-6-3-7-11-19)20(15-28)17-30(16-18-8-4-2-5-9-18)25(31)29-21-12-13-22(26)23(27)14-21/h2-14,20,24H,16-17H2,1H3,(H,29,31). The first-order chi connectivity index (χ1) is 15.5. The smallest absolute Gasteiger partial charge is 0.322 e. The van der Waals surface area contributed by atoms with Crippen LogP contribution in [0.3, 0.4) is 0 Å². The molecule has 1 N–H and O–H groups in total. The molecular weight excluding hydrogens is 445 g/mol. The van der Waals surface area contributed by atoms with E-state index in [-0.39, 0.29) is 12.6 Å². The Morgan fingerprint density at radius 1 is 1.03 bits per heavy atom. The van der Waals surface area contributed by atoms with Crippen molar-refractivity contribution in [2.24, 2.45) is 5.92 Å². The summed E-state index contributed by atoms with van der Waals surface area (Å²) in [4.78, 5) is 14.8. The maximum Gasteiger partial charge on any atom is 0.322 e. The molecule has 0 aliphatic heterocycles. The van der Waals surface area contributed by atoms with Gasteiger partial charge in [0.05, 0.1) is 28.1 Å². The van der Waals surface area contributed by atoms with E-state index in [9.17, 15) is 10.1 Å². The van der Waals surface area contributed by atoms with Crippen LogP contribution < -0.4 is 5.32 Å². The van der Waals surface area contributed by atoms with Gasteiger partial charge in [-0.2, -0.15) is 5.26 Å². The molecule has 3 aromatic rings. The lowest BCUT2D eigenvalue weighted by atomic mass is 9.96. The van der Waals surface area contributed by atoms with Gasteiger partial charge in [-0.05, 0) is 29.3 Å². The molecule has 0 saturated carbocycles. The summed E-state index contributed by atoms with van der Waals surface area (Å²) in [5, 5.41) is 13.5. The van der Waals surface area contributed by atoms with Crippen LogP contribution in [0.5, 0.6) is 0 Å². The van der Waals surface area contributed by atoms with E-state index in [4.69, 9.17) is 27.9 Å². The van der Waals surface area contributed by atoms with Gasteiger partial charge in [-0.1, -0.05) is 83.9 Å². The Hall–Kier alpha value is -3.04. The zero-order valence-corrected chi connectivity index (χ0v) is 19.1. The molecule has 0 aromatic heterocycles. The molecule has 0 bridgehead atoms. The molecule has 0 saturated heterocycles. The molecule has 164 valence electrons. The third-order valence-electron chi connectivity index (χ3n) is 5.00. The Bertz CT molecular complexity index is 1070. The maximum atomic E-state index is 13.2. The van der Waals surface area contributed by atoms with Gasteiger partial charge in [0, 0.05) is 25.9 Å². The molecule has 7 heteroatoms. The van der Waals surface area contributed by atoms with Crippen molar-refractivity contribution >= 4 is 34.9 Å². The van der Waals surface area contributed by atoms with Crippen molar-refractivity contribution in [1.82, 2.24) is 4.90 Å². The highest BCUT2D eigenvalue weighted by Crippen LogP contribution is 2.28. The number of urea groups is 1. The number of amides is 2. The molecule has 0 aliphatic carbocycles. The molecule has 32 heavy (non-hydrogen) atoms. The SMILES string of the molecule is COC(c1ccccc1)C(C#N)CN(Cc1ccccc1)C(=O)Nc1ccc(Cl)c(Cl)c1. The Labute approximate surface area is 198 Å². The molecule has 3 rings (SSSR count). The van der Waals surface area contributed by atoms with E-state index in [1.807, 2.05) is 60.7 Å². The summed E-state index contributed by atoms with van der Waals surface area (Å²) >= 11 is 12.1. The second-order valence-corrected chi connectivity index (χ2v) is 8.04. The summed E-state index contributed by atoms with van der Waals surface area (Å²) < 4.78 is 5.65. The molecular formula is C25H23Cl2N3O2. The third-order valence-corrected chi connectivity index (χ3v) is 5.74. The van der Waals surface area contributed by atoms with Crippen LogP contribution in [0.4, 0.5) is 10.5 Å². The number of rotatable bonds is 8. The first-order valence-corrected chi connectivity index (χ1v) is 10.8. The van der Waals surface area contributed by atoms with Crippen LogP contribution in [0.15, 0.2) is 78.9 Å². The summed E-state index contributed by atoms with van der Waals surface area (Å²) in [6, 6.07) is 26.0. The number of hydrogen-bond donors (Lipinski definition) is 1. The minimum atomic E-state index is -0.578. The molecule has 0 aliphatic rings. The zero-order valence-electron chi connectivity index (χ0n) is 17.5. The second kappa shape index (κ2) is 11.5. The van der Waals surface area contributed by atoms with E-state index in [1.165, 1.54) is 0 Å². The molecule has 0 radical (unpaired) electrons. The molecule has 0 fully saturated rings. The lowest BCUT2D eigenvalue weighted by Crippen LogP contribution is -2.39. The predicted octanol–water partition coefficient (Wildman–Crippen LogP) is 6.55. The molecule has 5 nitrogen and oxygen atoms in total. The van der Waals surface area contributed by atoms with Crippen LogP contribution >= 0.6 is 23.2 Å². The molecule has 3 aromatic carbocycles. The molecule has 2 atom stereocenters. The third kappa shape index (κ3) is 6.24. The van der Waals surface area contributed by atoms with Gasteiger partial charge in [0.1, 0.15) is 0 Å². The monoisotopic (exact) mass is 467 g/mol. The topological polar surface area (TPSA) is 65.4 Å². The highest BCUT2D eigenvalue weighted by molar-refractivity contribution is 6.42. The van der Waals surface area contributed by atoms with Crippen molar-refractivity contribution in [3.63, 3.8) is 0 Å². The fourth-order valence-electron chi connectivity index (χ4n) is 3.42. The van der Waals surface area contributed by atoms with Gasteiger partial charge in [-0.3, -0.25) is 0 Å². The van der Waals surface area contributed by atoms with Crippen molar-refractivity contribution in [3.8, 4) is 6.07 Å². The lowest BCUT2D eigenvalue weighted by Gasteiger charge is -2.29. The normalized spacial score (nSPS) is 12.4. The molecule has 0 spiro atoms. The van der Waals surface area contributed by atoms with Gasteiger partial charge in [-0.15, -0.1) is 0 Å². The van der Waals surface area contributed by atoms with E-state index < -0.39 is 12.0 Å². The van der Waals surface area contributed by atoms with Gasteiger partial charge in [0.2, 0.25) is 0 Å². The van der Waals surface area contributed by atoms with Crippen LogP contribution in [0.2, 0.25) is 10.0 Å². The molecule has 2 amide bonds. The second-order valence-electron chi connectivity index (χ2n) is 7.23. The molecule has 0 heterocycles.